The molecule has 1 aromatic carbocycles. The Bertz CT molecular complexity index is 1200. The fraction of sp³-hybridized carbons (Fsp3) is 0.0526. The summed E-state index contributed by atoms with van der Waals surface area (Å²) in [6.45, 7) is 0. The van der Waals surface area contributed by atoms with Gasteiger partial charge in [0.25, 0.3) is 0 Å². The Morgan fingerprint density at radius 2 is 2.18 bits per heavy atom. The molecule has 0 unspecified atom stereocenters. The fourth-order valence-corrected chi connectivity index (χ4v) is 3.33. The van der Waals surface area contributed by atoms with Gasteiger partial charge in [-0.25, -0.2) is 9.98 Å². The molecule has 0 radical (unpaired) electrons. The van der Waals surface area contributed by atoms with Crippen molar-refractivity contribution < 1.29 is 14.1 Å². The van der Waals surface area contributed by atoms with Crippen LogP contribution in [0.2, 0.25) is 0 Å². The highest BCUT2D eigenvalue weighted by molar-refractivity contribution is 9.10. The number of ether oxygens (including phenoxy) is 1. The largest absolute Gasteiger partial charge is 0.490 e. The number of halogens is 1. The number of aliphatic imine (C=N–C) groups is 1. The Balaban J connectivity index is 1.89. The smallest absolute Gasteiger partial charge is 0.312 e. The van der Waals surface area contributed by atoms with E-state index >= 15 is 0 Å². The molecule has 140 valence electrons. The van der Waals surface area contributed by atoms with Gasteiger partial charge in [-0.05, 0) is 30.3 Å². The molecule has 9 heteroatoms. The monoisotopic (exact) mass is 440 g/mol. The highest BCUT2D eigenvalue weighted by Gasteiger charge is 2.20. The SMILES string of the molecule is COc1c(C=Nc2c(-c3ccco3)nc3ccccn23)cc(Br)cc1[N+](=O)[O-]. The average molecular weight is 441 g/mol. The third-order valence-corrected chi connectivity index (χ3v) is 4.51. The summed E-state index contributed by atoms with van der Waals surface area (Å²) < 4.78 is 13.1. The molecule has 3 aromatic heterocycles. The summed E-state index contributed by atoms with van der Waals surface area (Å²) in [7, 11) is 1.38. The zero-order chi connectivity index (χ0) is 19.7. The molecular formula is C19H13BrN4O4. The first-order valence-electron chi connectivity index (χ1n) is 8.15. The second-order valence-corrected chi connectivity index (χ2v) is 6.67. The van der Waals surface area contributed by atoms with Crippen LogP contribution in [-0.4, -0.2) is 27.6 Å². The van der Waals surface area contributed by atoms with E-state index in [1.165, 1.54) is 19.4 Å². The molecule has 0 N–H and O–H groups in total. The van der Waals surface area contributed by atoms with E-state index in [0.29, 0.717) is 33.0 Å². The number of nitro groups is 1. The molecule has 0 bridgehead atoms. The van der Waals surface area contributed by atoms with Crippen molar-refractivity contribution in [3.05, 3.63) is 75.1 Å². The zero-order valence-electron chi connectivity index (χ0n) is 14.6. The fourth-order valence-electron chi connectivity index (χ4n) is 2.87. The normalized spacial score (nSPS) is 11.4. The lowest BCUT2D eigenvalue weighted by atomic mass is 10.2. The lowest BCUT2D eigenvalue weighted by Gasteiger charge is -2.06. The first-order chi connectivity index (χ1) is 13.6. The third kappa shape index (κ3) is 3.16. The Morgan fingerprint density at radius 1 is 1.32 bits per heavy atom. The van der Waals surface area contributed by atoms with Gasteiger partial charge < -0.3 is 9.15 Å². The van der Waals surface area contributed by atoms with Crippen molar-refractivity contribution >= 4 is 39.3 Å². The van der Waals surface area contributed by atoms with E-state index in [0.717, 1.165) is 0 Å². The van der Waals surface area contributed by atoms with E-state index < -0.39 is 4.92 Å². The summed E-state index contributed by atoms with van der Waals surface area (Å²) in [5, 5.41) is 11.3. The van der Waals surface area contributed by atoms with Gasteiger partial charge in [0, 0.05) is 28.5 Å². The number of imidazole rings is 1. The molecule has 0 atom stereocenters. The maximum absolute atomic E-state index is 11.3. The van der Waals surface area contributed by atoms with Gasteiger partial charge in [0.05, 0.1) is 18.3 Å². The van der Waals surface area contributed by atoms with Gasteiger partial charge >= 0.3 is 5.69 Å². The van der Waals surface area contributed by atoms with Crippen molar-refractivity contribution in [2.45, 2.75) is 0 Å². The van der Waals surface area contributed by atoms with E-state index in [4.69, 9.17) is 9.15 Å². The number of nitrogens with zero attached hydrogens (tertiary/aromatic N) is 4. The van der Waals surface area contributed by atoms with Crippen molar-refractivity contribution in [3.8, 4) is 17.2 Å². The summed E-state index contributed by atoms with van der Waals surface area (Å²) in [5.41, 5.74) is 1.58. The number of hydrogen-bond donors (Lipinski definition) is 0. The van der Waals surface area contributed by atoms with Gasteiger partial charge in [0.2, 0.25) is 5.75 Å². The standard InChI is InChI=1S/C19H13BrN4O4/c1-27-18-12(9-13(20)10-14(18)24(25)26)11-21-19-17(15-5-4-8-28-15)22-16-6-2-3-7-23(16)19/h2-11H,1H3. The zero-order valence-corrected chi connectivity index (χ0v) is 16.2. The molecule has 4 rings (SSSR count). The van der Waals surface area contributed by atoms with Crippen LogP contribution in [0.5, 0.6) is 5.75 Å². The van der Waals surface area contributed by atoms with Crippen LogP contribution >= 0.6 is 15.9 Å². The summed E-state index contributed by atoms with van der Waals surface area (Å²) in [6, 6.07) is 12.3. The lowest BCUT2D eigenvalue weighted by molar-refractivity contribution is -0.385. The summed E-state index contributed by atoms with van der Waals surface area (Å²) in [6.07, 6.45) is 4.91. The van der Waals surface area contributed by atoms with Gasteiger partial charge in [0.15, 0.2) is 17.3 Å². The van der Waals surface area contributed by atoms with Crippen molar-refractivity contribution in [2.75, 3.05) is 7.11 Å². The topological polar surface area (TPSA) is 95.2 Å². The highest BCUT2D eigenvalue weighted by atomic mass is 79.9. The van der Waals surface area contributed by atoms with Gasteiger partial charge in [-0.1, -0.05) is 22.0 Å². The summed E-state index contributed by atoms with van der Waals surface area (Å²) >= 11 is 3.29. The van der Waals surface area contributed by atoms with Crippen LogP contribution in [0.1, 0.15) is 5.56 Å². The second-order valence-electron chi connectivity index (χ2n) is 5.75. The molecule has 0 aliphatic heterocycles. The molecule has 8 nitrogen and oxygen atoms in total. The molecule has 0 saturated carbocycles. The highest BCUT2D eigenvalue weighted by Crippen LogP contribution is 2.35. The van der Waals surface area contributed by atoms with Crippen molar-refractivity contribution in [3.63, 3.8) is 0 Å². The predicted octanol–water partition coefficient (Wildman–Crippen LogP) is 5.02. The van der Waals surface area contributed by atoms with Crippen molar-refractivity contribution in [1.82, 2.24) is 9.38 Å². The molecule has 0 aliphatic carbocycles. The number of hydrogen-bond acceptors (Lipinski definition) is 6. The molecule has 4 aromatic rings. The Labute approximate surface area is 167 Å². The number of benzene rings is 1. The van der Waals surface area contributed by atoms with E-state index in [-0.39, 0.29) is 11.4 Å². The van der Waals surface area contributed by atoms with Crippen molar-refractivity contribution in [1.29, 1.82) is 0 Å². The molecule has 0 fully saturated rings. The number of nitro benzene ring substituents is 1. The number of furan rings is 1. The lowest BCUT2D eigenvalue weighted by Crippen LogP contribution is -1.98. The van der Waals surface area contributed by atoms with Gasteiger partial charge in [-0.15, -0.1) is 0 Å². The Morgan fingerprint density at radius 3 is 2.89 bits per heavy atom. The quantitative estimate of drug-likeness (QED) is 0.246. The van der Waals surface area contributed by atoms with E-state index in [1.54, 1.807) is 24.5 Å². The van der Waals surface area contributed by atoms with Crippen LogP contribution in [0, 0.1) is 10.1 Å². The van der Waals surface area contributed by atoms with Crippen molar-refractivity contribution in [2.24, 2.45) is 4.99 Å². The Kier molecular flexibility index (Phi) is 4.66. The van der Waals surface area contributed by atoms with Crippen LogP contribution in [0.15, 0.2) is 68.8 Å². The van der Waals surface area contributed by atoms with Gasteiger partial charge in [0.1, 0.15) is 5.65 Å². The minimum atomic E-state index is -0.497. The summed E-state index contributed by atoms with van der Waals surface area (Å²) in [5.74, 6) is 1.24. The Hall–Kier alpha value is -3.46. The average Bonchev–Trinajstić information content (AvgIpc) is 3.33. The van der Waals surface area contributed by atoms with Gasteiger partial charge in [-0.3, -0.25) is 14.5 Å². The third-order valence-electron chi connectivity index (χ3n) is 4.05. The maximum atomic E-state index is 11.3. The first-order valence-corrected chi connectivity index (χ1v) is 8.94. The molecule has 28 heavy (non-hydrogen) atoms. The van der Waals surface area contributed by atoms with Crippen LogP contribution in [0.4, 0.5) is 11.5 Å². The maximum Gasteiger partial charge on any atom is 0.312 e. The predicted molar refractivity (Wildman–Crippen MR) is 107 cm³/mol. The van der Waals surface area contributed by atoms with Crippen LogP contribution in [0.25, 0.3) is 17.1 Å². The van der Waals surface area contributed by atoms with Crippen LogP contribution < -0.4 is 4.74 Å². The summed E-state index contributed by atoms with van der Waals surface area (Å²) in [4.78, 5) is 20.0. The minimum Gasteiger partial charge on any atom is -0.490 e. The number of methoxy groups -OCH3 is 1. The van der Waals surface area contributed by atoms with E-state index in [2.05, 4.69) is 25.9 Å². The number of pyridine rings is 1. The molecule has 0 amide bonds. The molecular weight excluding hydrogens is 428 g/mol. The number of fused-ring (bicyclic) bond motifs is 1. The van der Waals surface area contributed by atoms with Crippen LogP contribution in [-0.2, 0) is 0 Å². The molecule has 3 heterocycles. The first kappa shape index (κ1) is 17.9. The number of rotatable bonds is 5. The number of aromatic nitrogens is 2. The van der Waals surface area contributed by atoms with E-state index in [9.17, 15) is 10.1 Å². The van der Waals surface area contributed by atoms with E-state index in [1.807, 2.05) is 28.8 Å². The van der Waals surface area contributed by atoms with Gasteiger partial charge in [-0.2, -0.15) is 0 Å². The second kappa shape index (κ2) is 7.28. The molecule has 0 saturated heterocycles. The van der Waals surface area contributed by atoms with Crippen LogP contribution in [0.3, 0.4) is 0 Å². The minimum absolute atomic E-state index is 0.130. The molecule has 0 aliphatic rings. The molecule has 0 spiro atoms.